The number of rotatable bonds is 5. The number of hydrogen-bond donors (Lipinski definition) is 3. The lowest BCUT2D eigenvalue weighted by Crippen LogP contribution is -2.57. The van der Waals surface area contributed by atoms with Crippen molar-refractivity contribution in [1.82, 2.24) is 9.88 Å². The van der Waals surface area contributed by atoms with Gasteiger partial charge in [0.25, 0.3) is 0 Å². The number of aryl methyl sites for hydroxylation is 2. The molecule has 0 saturated carbocycles. The van der Waals surface area contributed by atoms with Crippen LogP contribution >= 0.6 is 0 Å². The van der Waals surface area contributed by atoms with E-state index < -0.39 is 12.0 Å². The van der Waals surface area contributed by atoms with Gasteiger partial charge in [0.1, 0.15) is 0 Å². The second kappa shape index (κ2) is 6.94. The molecule has 124 valence electrons. The van der Waals surface area contributed by atoms with Gasteiger partial charge in [0, 0.05) is 18.8 Å². The lowest BCUT2D eigenvalue weighted by molar-refractivity contribution is -0.135. The number of aliphatic hydroxyl groups excluding tert-OH is 1. The first-order chi connectivity index (χ1) is 10.3. The minimum atomic E-state index is -1.42. The van der Waals surface area contributed by atoms with Crippen LogP contribution < -0.4 is 5.32 Å². The van der Waals surface area contributed by atoms with Crippen LogP contribution in [-0.4, -0.2) is 45.1 Å². The summed E-state index contributed by atoms with van der Waals surface area (Å²) in [5.41, 5.74) is 1.45. The maximum atomic E-state index is 10.7. The molecule has 1 aromatic rings. The molecule has 2 rings (SSSR count). The molecule has 3 N–H and O–H groups in total. The van der Waals surface area contributed by atoms with E-state index in [9.17, 15) is 10.2 Å². The van der Waals surface area contributed by atoms with E-state index in [1.165, 1.54) is 6.42 Å². The number of hydrogen-bond acceptors (Lipinski definition) is 5. The molecule has 3 atom stereocenters. The molecule has 1 saturated heterocycles. The first-order valence-corrected chi connectivity index (χ1v) is 8.21. The zero-order valence-corrected chi connectivity index (χ0v) is 14.1. The minimum absolute atomic E-state index is 0.548. The van der Waals surface area contributed by atoms with E-state index in [0.717, 1.165) is 42.9 Å². The lowest BCUT2D eigenvalue weighted by Gasteiger charge is -2.41. The molecule has 2 unspecified atom stereocenters. The van der Waals surface area contributed by atoms with Crippen molar-refractivity contribution >= 4 is 5.69 Å². The van der Waals surface area contributed by atoms with Crippen LogP contribution in [0.5, 0.6) is 0 Å². The van der Waals surface area contributed by atoms with E-state index in [2.05, 4.69) is 24.1 Å². The van der Waals surface area contributed by atoms with Crippen LogP contribution in [0.4, 0.5) is 5.69 Å². The van der Waals surface area contributed by atoms with Gasteiger partial charge in [0.15, 0.2) is 12.0 Å². The van der Waals surface area contributed by atoms with Crippen molar-refractivity contribution in [3.63, 3.8) is 0 Å². The molecule has 5 nitrogen and oxygen atoms in total. The fraction of sp³-hybridized carbons (Fsp3) is 0.706. The molecule has 5 heteroatoms. The minimum Gasteiger partial charge on any atom is -0.373 e. The van der Waals surface area contributed by atoms with Crippen molar-refractivity contribution in [2.24, 2.45) is 5.92 Å². The Labute approximate surface area is 133 Å². The van der Waals surface area contributed by atoms with E-state index >= 15 is 0 Å². The Bertz CT molecular complexity index is 505. The highest BCUT2D eigenvalue weighted by molar-refractivity contribution is 5.46. The van der Waals surface area contributed by atoms with Gasteiger partial charge in [0.2, 0.25) is 0 Å². The standard InChI is InChI=1S/C17H29N3O2/c1-5-14-9-15(10-18-13(14)3)19-17(4,22)16(21)20-8-6-7-12(2)11-20/h9-10,12,16,19,21-22H,5-8,11H2,1-4H3/t12-,16?,17?/m0/s1. The van der Waals surface area contributed by atoms with Crippen LogP contribution in [0.3, 0.4) is 0 Å². The molecule has 1 fully saturated rings. The predicted octanol–water partition coefficient (Wildman–Crippen LogP) is 2.12. The van der Waals surface area contributed by atoms with E-state index in [-0.39, 0.29) is 0 Å². The SMILES string of the molecule is CCc1cc(NC(C)(O)C(O)N2CCC[C@H](C)C2)cnc1C. The number of piperidine rings is 1. The average Bonchev–Trinajstić information content (AvgIpc) is 2.48. The van der Waals surface area contributed by atoms with Gasteiger partial charge in [-0.3, -0.25) is 9.88 Å². The molecule has 0 amide bonds. The van der Waals surface area contributed by atoms with E-state index in [4.69, 9.17) is 0 Å². The van der Waals surface area contributed by atoms with Gasteiger partial charge in [-0.05, 0) is 50.7 Å². The highest BCUT2D eigenvalue weighted by Crippen LogP contribution is 2.24. The molecule has 1 aliphatic heterocycles. The number of likely N-dealkylation sites (tertiary alicyclic amines) is 1. The fourth-order valence-corrected chi connectivity index (χ4v) is 3.17. The van der Waals surface area contributed by atoms with Crippen LogP contribution in [0, 0.1) is 12.8 Å². The molecule has 0 bridgehead atoms. The van der Waals surface area contributed by atoms with Crippen molar-refractivity contribution in [2.75, 3.05) is 18.4 Å². The van der Waals surface area contributed by atoms with E-state index in [1.54, 1.807) is 13.1 Å². The van der Waals surface area contributed by atoms with Crippen LogP contribution in [0.25, 0.3) is 0 Å². The Morgan fingerprint density at radius 1 is 1.55 bits per heavy atom. The van der Waals surface area contributed by atoms with Crippen molar-refractivity contribution in [2.45, 2.75) is 58.9 Å². The molecular weight excluding hydrogens is 278 g/mol. The molecule has 1 aromatic heterocycles. The van der Waals surface area contributed by atoms with Gasteiger partial charge in [0.05, 0.1) is 11.9 Å². The number of nitrogens with one attached hydrogen (secondary N) is 1. The predicted molar refractivity (Wildman–Crippen MR) is 88.6 cm³/mol. The van der Waals surface area contributed by atoms with Gasteiger partial charge >= 0.3 is 0 Å². The summed E-state index contributed by atoms with van der Waals surface area (Å²) in [4.78, 5) is 6.30. The van der Waals surface area contributed by atoms with Crippen molar-refractivity contribution in [3.05, 3.63) is 23.5 Å². The Hall–Kier alpha value is -1.17. The van der Waals surface area contributed by atoms with Crippen molar-refractivity contribution < 1.29 is 10.2 Å². The molecule has 0 spiro atoms. The summed E-state index contributed by atoms with van der Waals surface area (Å²) in [6.45, 7) is 9.47. The number of aromatic nitrogens is 1. The molecular formula is C17H29N3O2. The maximum absolute atomic E-state index is 10.7. The Morgan fingerprint density at radius 3 is 2.91 bits per heavy atom. The summed E-state index contributed by atoms with van der Waals surface area (Å²) in [6, 6.07) is 1.99. The highest BCUT2D eigenvalue weighted by Gasteiger charge is 2.36. The van der Waals surface area contributed by atoms with Crippen molar-refractivity contribution in [1.29, 1.82) is 0 Å². The van der Waals surface area contributed by atoms with Crippen LogP contribution in [0.1, 0.15) is 44.9 Å². The quantitative estimate of drug-likeness (QED) is 0.727. The first-order valence-electron chi connectivity index (χ1n) is 8.21. The first kappa shape index (κ1) is 17.2. The van der Waals surface area contributed by atoms with E-state index in [1.807, 2.05) is 17.9 Å². The molecule has 2 heterocycles. The van der Waals surface area contributed by atoms with Gasteiger partial charge in [-0.2, -0.15) is 0 Å². The zero-order chi connectivity index (χ0) is 16.3. The molecule has 1 aliphatic rings. The van der Waals surface area contributed by atoms with E-state index in [0.29, 0.717) is 5.92 Å². The molecule has 22 heavy (non-hydrogen) atoms. The van der Waals surface area contributed by atoms with Gasteiger partial charge in [-0.25, -0.2) is 0 Å². The summed E-state index contributed by atoms with van der Waals surface area (Å²) in [5.74, 6) is 0.548. The fourth-order valence-electron chi connectivity index (χ4n) is 3.17. The Kier molecular flexibility index (Phi) is 5.42. The zero-order valence-electron chi connectivity index (χ0n) is 14.1. The third kappa shape index (κ3) is 3.97. The van der Waals surface area contributed by atoms with Crippen LogP contribution in [-0.2, 0) is 6.42 Å². The number of pyridine rings is 1. The average molecular weight is 307 g/mol. The summed E-state index contributed by atoms with van der Waals surface area (Å²) in [6.07, 6.45) is 3.89. The summed E-state index contributed by atoms with van der Waals surface area (Å²) >= 11 is 0. The highest BCUT2D eigenvalue weighted by atomic mass is 16.4. The number of aliphatic hydroxyl groups is 2. The second-order valence-corrected chi connectivity index (χ2v) is 6.71. The third-order valence-corrected chi connectivity index (χ3v) is 4.51. The van der Waals surface area contributed by atoms with Gasteiger partial charge < -0.3 is 15.5 Å². The third-order valence-electron chi connectivity index (χ3n) is 4.51. The number of nitrogens with zero attached hydrogens (tertiary/aromatic N) is 2. The Morgan fingerprint density at radius 2 is 2.27 bits per heavy atom. The number of anilines is 1. The lowest BCUT2D eigenvalue weighted by atomic mass is 9.99. The largest absolute Gasteiger partial charge is 0.373 e. The Balaban J connectivity index is 2.09. The summed E-state index contributed by atoms with van der Waals surface area (Å²) in [5, 5.41) is 24.3. The topological polar surface area (TPSA) is 68.6 Å². The molecule has 0 aromatic carbocycles. The van der Waals surface area contributed by atoms with Crippen molar-refractivity contribution in [3.8, 4) is 0 Å². The maximum Gasteiger partial charge on any atom is 0.172 e. The summed E-state index contributed by atoms with van der Waals surface area (Å²) in [7, 11) is 0. The second-order valence-electron chi connectivity index (χ2n) is 6.71. The van der Waals surface area contributed by atoms with Crippen LogP contribution in [0.2, 0.25) is 0 Å². The monoisotopic (exact) mass is 307 g/mol. The molecule has 0 radical (unpaired) electrons. The summed E-state index contributed by atoms with van der Waals surface area (Å²) < 4.78 is 0. The van der Waals surface area contributed by atoms with Gasteiger partial charge in [-0.15, -0.1) is 0 Å². The normalized spacial score (nSPS) is 23.8. The smallest absolute Gasteiger partial charge is 0.172 e. The molecule has 0 aliphatic carbocycles. The van der Waals surface area contributed by atoms with Gasteiger partial charge in [-0.1, -0.05) is 13.8 Å². The van der Waals surface area contributed by atoms with Crippen LogP contribution in [0.15, 0.2) is 12.3 Å².